The largest absolute Gasteiger partial charge is 0.573 e. The molecule has 0 aliphatic rings. The SMILES string of the molecule is CCC(C)[C@@H](N)c1cccc(OC(F)(F)F)c1. The maximum Gasteiger partial charge on any atom is 0.573 e. The molecule has 0 aromatic heterocycles. The van der Waals surface area contributed by atoms with Crippen molar-refractivity contribution >= 4 is 0 Å². The monoisotopic (exact) mass is 247 g/mol. The molecule has 0 aliphatic carbocycles. The second kappa shape index (κ2) is 5.40. The van der Waals surface area contributed by atoms with E-state index < -0.39 is 6.36 Å². The summed E-state index contributed by atoms with van der Waals surface area (Å²) in [4.78, 5) is 0. The second-order valence-corrected chi connectivity index (χ2v) is 4.03. The van der Waals surface area contributed by atoms with E-state index in [0.29, 0.717) is 5.56 Å². The van der Waals surface area contributed by atoms with Crippen LogP contribution in [0.5, 0.6) is 5.75 Å². The van der Waals surface area contributed by atoms with Crippen molar-refractivity contribution in [3.05, 3.63) is 29.8 Å². The van der Waals surface area contributed by atoms with Crippen molar-refractivity contribution in [2.75, 3.05) is 0 Å². The molecule has 1 rings (SSSR count). The van der Waals surface area contributed by atoms with E-state index in [1.165, 1.54) is 18.2 Å². The molecule has 5 heteroatoms. The lowest BCUT2D eigenvalue weighted by Gasteiger charge is -2.19. The fourth-order valence-electron chi connectivity index (χ4n) is 1.50. The number of halogens is 3. The number of rotatable bonds is 4. The van der Waals surface area contributed by atoms with Gasteiger partial charge in [0, 0.05) is 6.04 Å². The normalized spacial score (nSPS) is 15.4. The van der Waals surface area contributed by atoms with E-state index in [2.05, 4.69) is 4.74 Å². The molecule has 17 heavy (non-hydrogen) atoms. The number of ether oxygens (including phenoxy) is 1. The molecule has 0 aliphatic heterocycles. The minimum absolute atomic E-state index is 0.205. The minimum Gasteiger partial charge on any atom is -0.406 e. The molecular formula is C12H16F3NO. The maximum atomic E-state index is 12.0. The van der Waals surface area contributed by atoms with E-state index in [1.807, 2.05) is 13.8 Å². The van der Waals surface area contributed by atoms with Crippen molar-refractivity contribution < 1.29 is 17.9 Å². The van der Waals surface area contributed by atoms with Crippen LogP contribution in [0.2, 0.25) is 0 Å². The summed E-state index contributed by atoms with van der Waals surface area (Å²) in [5.41, 5.74) is 6.60. The Morgan fingerprint density at radius 3 is 2.53 bits per heavy atom. The first-order valence-corrected chi connectivity index (χ1v) is 5.44. The van der Waals surface area contributed by atoms with Gasteiger partial charge in [0.2, 0.25) is 0 Å². The van der Waals surface area contributed by atoms with Crippen molar-refractivity contribution in [1.82, 2.24) is 0 Å². The second-order valence-electron chi connectivity index (χ2n) is 4.03. The highest BCUT2D eigenvalue weighted by Gasteiger charge is 2.31. The third-order valence-electron chi connectivity index (χ3n) is 2.73. The molecule has 1 aromatic rings. The van der Waals surface area contributed by atoms with Crippen LogP contribution >= 0.6 is 0 Å². The number of benzene rings is 1. The lowest BCUT2D eigenvalue weighted by Crippen LogP contribution is -2.20. The van der Waals surface area contributed by atoms with Crippen molar-refractivity contribution in [2.24, 2.45) is 11.7 Å². The van der Waals surface area contributed by atoms with Gasteiger partial charge in [-0.15, -0.1) is 13.2 Å². The number of nitrogens with two attached hydrogens (primary N) is 1. The van der Waals surface area contributed by atoms with Gasteiger partial charge in [-0.2, -0.15) is 0 Å². The summed E-state index contributed by atoms with van der Waals surface area (Å²) in [6.45, 7) is 3.95. The molecule has 0 saturated carbocycles. The van der Waals surface area contributed by atoms with Crippen LogP contribution in [0.25, 0.3) is 0 Å². The summed E-state index contributed by atoms with van der Waals surface area (Å²) < 4.78 is 40.0. The molecule has 2 atom stereocenters. The summed E-state index contributed by atoms with van der Waals surface area (Å²) in [5.74, 6) is -0.0233. The topological polar surface area (TPSA) is 35.2 Å². The minimum atomic E-state index is -4.67. The summed E-state index contributed by atoms with van der Waals surface area (Å²) in [6, 6.07) is 5.54. The molecule has 96 valence electrons. The quantitative estimate of drug-likeness (QED) is 0.881. The molecule has 0 radical (unpaired) electrons. The average molecular weight is 247 g/mol. The van der Waals surface area contributed by atoms with Crippen LogP contribution in [-0.4, -0.2) is 6.36 Å². The number of alkyl halides is 3. The van der Waals surface area contributed by atoms with Crippen LogP contribution in [-0.2, 0) is 0 Å². The lowest BCUT2D eigenvalue weighted by atomic mass is 9.93. The first-order chi connectivity index (χ1) is 7.83. The van der Waals surface area contributed by atoms with Gasteiger partial charge in [-0.3, -0.25) is 0 Å². The molecule has 2 N–H and O–H groups in total. The van der Waals surface area contributed by atoms with E-state index in [-0.39, 0.29) is 17.7 Å². The highest BCUT2D eigenvalue weighted by Crippen LogP contribution is 2.28. The summed E-state index contributed by atoms with van der Waals surface area (Å²) >= 11 is 0. The lowest BCUT2D eigenvalue weighted by molar-refractivity contribution is -0.274. The van der Waals surface area contributed by atoms with Crippen LogP contribution in [0.4, 0.5) is 13.2 Å². The molecule has 0 spiro atoms. The van der Waals surface area contributed by atoms with Crippen molar-refractivity contribution in [3.63, 3.8) is 0 Å². The van der Waals surface area contributed by atoms with E-state index >= 15 is 0 Å². The first kappa shape index (κ1) is 13.8. The molecule has 0 heterocycles. The van der Waals surface area contributed by atoms with E-state index in [0.717, 1.165) is 6.42 Å². The molecule has 0 saturated heterocycles. The predicted octanol–water partition coefficient (Wildman–Crippen LogP) is 3.63. The Balaban J connectivity index is 2.86. The number of hydrogen-bond donors (Lipinski definition) is 1. The summed E-state index contributed by atoms with van der Waals surface area (Å²) in [6.07, 6.45) is -3.80. The van der Waals surface area contributed by atoms with Gasteiger partial charge in [0.25, 0.3) is 0 Å². The third-order valence-corrected chi connectivity index (χ3v) is 2.73. The summed E-state index contributed by atoms with van der Waals surface area (Å²) in [5, 5.41) is 0. The molecular weight excluding hydrogens is 231 g/mol. The van der Waals surface area contributed by atoms with Crippen molar-refractivity contribution in [1.29, 1.82) is 0 Å². The smallest absolute Gasteiger partial charge is 0.406 e. The molecule has 1 unspecified atom stereocenters. The van der Waals surface area contributed by atoms with Gasteiger partial charge >= 0.3 is 6.36 Å². The highest BCUT2D eigenvalue weighted by atomic mass is 19.4. The first-order valence-electron chi connectivity index (χ1n) is 5.44. The standard InChI is InChI=1S/C12H16F3NO/c1-3-8(2)11(16)9-5-4-6-10(7-9)17-12(13,14)15/h4-8,11H,3,16H2,1-2H3/t8?,11-/m1/s1. The van der Waals surface area contributed by atoms with Gasteiger partial charge in [0.1, 0.15) is 5.75 Å². The molecule has 1 aromatic carbocycles. The fourth-order valence-corrected chi connectivity index (χ4v) is 1.50. The molecule has 0 bridgehead atoms. The van der Waals surface area contributed by atoms with E-state index in [4.69, 9.17) is 5.73 Å². The fraction of sp³-hybridized carbons (Fsp3) is 0.500. The van der Waals surface area contributed by atoms with Gasteiger partial charge in [-0.1, -0.05) is 32.4 Å². The van der Waals surface area contributed by atoms with Gasteiger partial charge in [-0.05, 0) is 23.6 Å². The van der Waals surface area contributed by atoms with Crippen LogP contribution in [0.3, 0.4) is 0 Å². The molecule has 2 nitrogen and oxygen atoms in total. The third kappa shape index (κ3) is 4.26. The van der Waals surface area contributed by atoms with Gasteiger partial charge in [0.15, 0.2) is 0 Å². The van der Waals surface area contributed by atoms with Crippen molar-refractivity contribution in [3.8, 4) is 5.75 Å². The van der Waals surface area contributed by atoms with Gasteiger partial charge in [-0.25, -0.2) is 0 Å². The predicted molar refractivity (Wildman–Crippen MR) is 59.5 cm³/mol. The Labute approximate surface area is 98.6 Å². The van der Waals surface area contributed by atoms with Crippen LogP contribution in [0.15, 0.2) is 24.3 Å². The Hall–Kier alpha value is -1.23. The summed E-state index contributed by atoms with van der Waals surface area (Å²) in [7, 11) is 0. The average Bonchev–Trinajstić information content (AvgIpc) is 2.25. The van der Waals surface area contributed by atoms with E-state index in [9.17, 15) is 13.2 Å². The zero-order valence-electron chi connectivity index (χ0n) is 9.79. The Morgan fingerprint density at radius 1 is 1.35 bits per heavy atom. The zero-order valence-corrected chi connectivity index (χ0v) is 9.79. The Morgan fingerprint density at radius 2 is 2.00 bits per heavy atom. The van der Waals surface area contributed by atoms with Crippen LogP contribution in [0.1, 0.15) is 31.9 Å². The van der Waals surface area contributed by atoms with Gasteiger partial charge < -0.3 is 10.5 Å². The van der Waals surface area contributed by atoms with Crippen LogP contribution in [0, 0.1) is 5.92 Å². The molecule has 0 amide bonds. The maximum absolute atomic E-state index is 12.0. The Bertz CT molecular complexity index is 365. The zero-order chi connectivity index (χ0) is 13.1. The van der Waals surface area contributed by atoms with E-state index in [1.54, 1.807) is 6.07 Å². The van der Waals surface area contributed by atoms with Crippen LogP contribution < -0.4 is 10.5 Å². The highest BCUT2D eigenvalue weighted by molar-refractivity contribution is 5.30. The number of hydrogen-bond acceptors (Lipinski definition) is 2. The van der Waals surface area contributed by atoms with Gasteiger partial charge in [0.05, 0.1) is 0 Å². The van der Waals surface area contributed by atoms with Crippen molar-refractivity contribution in [2.45, 2.75) is 32.7 Å². The Kier molecular flexibility index (Phi) is 4.40. The molecule has 0 fully saturated rings.